The van der Waals surface area contributed by atoms with E-state index in [0.717, 1.165) is 12.4 Å². The number of imide groups is 1. The van der Waals surface area contributed by atoms with Gasteiger partial charge in [-0.05, 0) is 30.7 Å². The maximum absolute atomic E-state index is 12.8. The fourth-order valence-corrected chi connectivity index (χ4v) is 2.83. The molecular weight excluding hydrogens is 280 g/mol. The van der Waals surface area contributed by atoms with Crippen molar-refractivity contribution >= 4 is 23.2 Å². The van der Waals surface area contributed by atoms with Crippen LogP contribution >= 0.6 is 0 Å². The average Bonchev–Trinajstić information content (AvgIpc) is 2.96. The molecule has 3 rings (SSSR count). The lowest BCUT2D eigenvalue weighted by atomic mass is 9.96. The fourth-order valence-electron chi connectivity index (χ4n) is 2.83. The number of hydrogen-bond donors (Lipinski definition) is 1. The SMILES string of the molecule is CC(=O)N(C(=O)C1CCn2ccnc2C1)c1ccc(N)cc1. The Balaban J connectivity index is 1.85. The molecule has 0 spiro atoms. The highest BCUT2D eigenvalue weighted by Crippen LogP contribution is 2.25. The number of aromatic nitrogens is 2. The van der Waals surface area contributed by atoms with Crippen molar-refractivity contribution < 1.29 is 9.59 Å². The van der Waals surface area contributed by atoms with Crippen molar-refractivity contribution in [2.45, 2.75) is 26.3 Å². The number of carbonyl (C=O) groups is 2. The Morgan fingerprint density at radius 2 is 2.05 bits per heavy atom. The van der Waals surface area contributed by atoms with Crippen molar-refractivity contribution in [3.63, 3.8) is 0 Å². The lowest BCUT2D eigenvalue weighted by molar-refractivity contribution is -0.128. The Kier molecular flexibility index (Phi) is 3.66. The first-order chi connectivity index (χ1) is 10.6. The number of anilines is 2. The standard InChI is InChI=1S/C16H18N4O2/c1-11(21)20(14-4-2-13(17)3-5-14)16(22)12-6-8-19-9-7-18-15(19)10-12/h2-5,7,9,12H,6,8,10,17H2,1H3. The Labute approximate surface area is 128 Å². The minimum absolute atomic E-state index is 0.175. The zero-order valence-electron chi connectivity index (χ0n) is 12.4. The van der Waals surface area contributed by atoms with Crippen molar-refractivity contribution in [1.29, 1.82) is 0 Å². The largest absolute Gasteiger partial charge is 0.399 e. The van der Waals surface area contributed by atoms with Gasteiger partial charge in [-0.1, -0.05) is 0 Å². The summed E-state index contributed by atoms with van der Waals surface area (Å²) in [5, 5.41) is 0. The number of hydrogen-bond acceptors (Lipinski definition) is 4. The maximum atomic E-state index is 12.8. The summed E-state index contributed by atoms with van der Waals surface area (Å²) in [5.74, 6) is 0.206. The molecule has 0 bridgehead atoms. The summed E-state index contributed by atoms with van der Waals surface area (Å²) in [7, 11) is 0. The van der Waals surface area contributed by atoms with Crippen molar-refractivity contribution in [3.05, 3.63) is 42.5 Å². The lowest BCUT2D eigenvalue weighted by Gasteiger charge is -2.28. The molecule has 2 N–H and O–H groups in total. The molecule has 114 valence electrons. The van der Waals surface area contributed by atoms with Crippen LogP contribution in [0.3, 0.4) is 0 Å². The van der Waals surface area contributed by atoms with Gasteiger partial charge in [0.25, 0.3) is 0 Å². The summed E-state index contributed by atoms with van der Waals surface area (Å²) in [6, 6.07) is 6.76. The quantitative estimate of drug-likeness (QED) is 0.854. The number of aryl methyl sites for hydroxylation is 1. The van der Waals surface area contributed by atoms with Gasteiger partial charge in [0.2, 0.25) is 11.8 Å². The molecule has 1 atom stereocenters. The smallest absolute Gasteiger partial charge is 0.237 e. The second kappa shape index (κ2) is 5.63. The highest BCUT2D eigenvalue weighted by molar-refractivity contribution is 6.14. The molecule has 1 aromatic carbocycles. The van der Waals surface area contributed by atoms with E-state index in [2.05, 4.69) is 4.98 Å². The van der Waals surface area contributed by atoms with Crippen LogP contribution in [0.25, 0.3) is 0 Å². The van der Waals surface area contributed by atoms with Crippen LogP contribution in [0.5, 0.6) is 0 Å². The van der Waals surface area contributed by atoms with Crippen LogP contribution in [0, 0.1) is 5.92 Å². The van der Waals surface area contributed by atoms with Crippen molar-refractivity contribution in [3.8, 4) is 0 Å². The summed E-state index contributed by atoms with van der Waals surface area (Å²) >= 11 is 0. The molecule has 0 radical (unpaired) electrons. The van der Waals surface area contributed by atoms with E-state index in [4.69, 9.17) is 5.73 Å². The highest BCUT2D eigenvalue weighted by Gasteiger charge is 2.31. The average molecular weight is 298 g/mol. The monoisotopic (exact) mass is 298 g/mol. The summed E-state index contributed by atoms with van der Waals surface area (Å²) in [6.45, 7) is 2.15. The fraction of sp³-hybridized carbons (Fsp3) is 0.312. The number of benzene rings is 1. The third-order valence-corrected chi connectivity index (χ3v) is 3.98. The van der Waals surface area contributed by atoms with Crippen LogP contribution in [0.1, 0.15) is 19.2 Å². The molecule has 2 aromatic rings. The van der Waals surface area contributed by atoms with E-state index in [1.807, 2.05) is 10.8 Å². The number of fused-ring (bicyclic) bond motifs is 1. The number of amides is 2. The van der Waals surface area contributed by atoms with E-state index in [9.17, 15) is 9.59 Å². The molecule has 22 heavy (non-hydrogen) atoms. The molecule has 2 heterocycles. The maximum Gasteiger partial charge on any atom is 0.237 e. The Morgan fingerprint density at radius 3 is 2.73 bits per heavy atom. The molecule has 6 heteroatoms. The lowest BCUT2D eigenvalue weighted by Crippen LogP contribution is -2.42. The van der Waals surface area contributed by atoms with Crippen LogP contribution in [0.2, 0.25) is 0 Å². The highest BCUT2D eigenvalue weighted by atomic mass is 16.2. The van der Waals surface area contributed by atoms with Crippen molar-refractivity contribution in [2.75, 3.05) is 10.6 Å². The van der Waals surface area contributed by atoms with Gasteiger partial charge in [-0.3, -0.25) is 14.5 Å². The van der Waals surface area contributed by atoms with E-state index in [1.54, 1.807) is 30.5 Å². The number of nitrogens with two attached hydrogens (primary N) is 1. The molecule has 1 aliphatic rings. The van der Waals surface area contributed by atoms with Crippen LogP contribution in [0.4, 0.5) is 11.4 Å². The number of nitrogen functional groups attached to an aromatic ring is 1. The van der Waals surface area contributed by atoms with Gasteiger partial charge in [-0.15, -0.1) is 0 Å². The third kappa shape index (κ3) is 2.59. The van der Waals surface area contributed by atoms with E-state index < -0.39 is 0 Å². The third-order valence-electron chi connectivity index (χ3n) is 3.98. The molecule has 2 amide bonds. The van der Waals surface area contributed by atoms with Gasteiger partial charge in [0.15, 0.2) is 0 Å². The summed E-state index contributed by atoms with van der Waals surface area (Å²) in [5.41, 5.74) is 6.82. The first kappa shape index (κ1) is 14.3. The predicted octanol–water partition coefficient (Wildman–Crippen LogP) is 1.61. The van der Waals surface area contributed by atoms with E-state index in [-0.39, 0.29) is 17.7 Å². The van der Waals surface area contributed by atoms with Gasteiger partial charge < -0.3 is 10.3 Å². The van der Waals surface area contributed by atoms with Gasteiger partial charge in [-0.25, -0.2) is 4.98 Å². The molecular formula is C16H18N4O2. The number of carbonyl (C=O) groups excluding carboxylic acids is 2. The summed E-state index contributed by atoms with van der Waals surface area (Å²) in [6.07, 6.45) is 4.93. The first-order valence-corrected chi connectivity index (χ1v) is 7.26. The predicted molar refractivity (Wildman–Crippen MR) is 83.1 cm³/mol. The van der Waals surface area contributed by atoms with Crippen LogP contribution < -0.4 is 10.6 Å². The topological polar surface area (TPSA) is 81.2 Å². The Bertz CT molecular complexity index is 705. The molecule has 0 saturated carbocycles. The van der Waals surface area contributed by atoms with Gasteiger partial charge in [0, 0.05) is 43.9 Å². The van der Waals surface area contributed by atoms with E-state index in [1.165, 1.54) is 11.8 Å². The zero-order chi connectivity index (χ0) is 15.7. The first-order valence-electron chi connectivity index (χ1n) is 7.26. The van der Waals surface area contributed by atoms with Gasteiger partial charge in [-0.2, -0.15) is 0 Å². The van der Waals surface area contributed by atoms with Crippen LogP contribution in [-0.4, -0.2) is 21.4 Å². The normalized spacial score (nSPS) is 16.9. The number of rotatable bonds is 2. The molecule has 6 nitrogen and oxygen atoms in total. The Hall–Kier alpha value is -2.63. The molecule has 0 fully saturated rings. The van der Waals surface area contributed by atoms with Gasteiger partial charge >= 0.3 is 0 Å². The van der Waals surface area contributed by atoms with Crippen molar-refractivity contribution in [1.82, 2.24) is 9.55 Å². The number of imidazole rings is 1. The summed E-state index contributed by atoms with van der Waals surface area (Å²) < 4.78 is 2.05. The molecule has 1 aliphatic heterocycles. The minimum Gasteiger partial charge on any atom is -0.399 e. The van der Waals surface area contributed by atoms with Gasteiger partial charge in [0.05, 0.1) is 5.69 Å². The molecule has 0 aliphatic carbocycles. The molecule has 1 aromatic heterocycles. The van der Waals surface area contributed by atoms with Crippen molar-refractivity contribution in [2.24, 2.45) is 5.92 Å². The number of nitrogens with zero attached hydrogens (tertiary/aromatic N) is 3. The second-order valence-electron chi connectivity index (χ2n) is 5.51. The molecule has 1 unspecified atom stereocenters. The van der Waals surface area contributed by atoms with E-state index >= 15 is 0 Å². The van der Waals surface area contributed by atoms with Gasteiger partial charge in [0.1, 0.15) is 5.82 Å². The minimum atomic E-state index is -0.288. The Morgan fingerprint density at radius 1 is 1.32 bits per heavy atom. The molecule has 0 saturated heterocycles. The second-order valence-corrected chi connectivity index (χ2v) is 5.51. The van der Waals surface area contributed by atoms with Crippen LogP contribution in [0.15, 0.2) is 36.7 Å². The summed E-state index contributed by atoms with van der Waals surface area (Å²) in [4.78, 5) is 30.3. The van der Waals surface area contributed by atoms with Crippen LogP contribution in [-0.2, 0) is 22.6 Å². The van der Waals surface area contributed by atoms with E-state index in [0.29, 0.717) is 24.2 Å². The zero-order valence-corrected chi connectivity index (χ0v) is 12.4.